The maximum absolute atomic E-state index is 13.2. The smallest absolute Gasteiger partial charge is 0.416 e. The van der Waals surface area contributed by atoms with E-state index < -0.39 is 17.8 Å². The normalized spacial score (nSPS) is 15.7. The van der Waals surface area contributed by atoms with Crippen LogP contribution in [-0.2, 0) is 15.7 Å². The lowest BCUT2D eigenvalue weighted by Gasteiger charge is -2.32. The molecule has 2 atom stereocenters. The molecule has 0 radical (unpaired) electrons. The first kappa shape index (κ1) is 30.8. The summed E-state index contributed by atoms with van der Waals surface area (Å²) < 4.78 is 44.5. The lowest BCUT2D eigenvalue weighted by atomic mass is 9.98. The molecule has 1 saturated heterocycles. The number of esters is 1. The van der Waals surface area contributed by atoms with Gasteiger partial charge >= 0.3 is 12.1 Å². The zero-order valence-corrected chi connectivity index (χ0v) is 24.6. The number of nitrogens with one attached hydrogen (secondary N) is 1. The molecule has 0 aromatic heterocycles. The fraction of sp³-hybridized carbons (Fsp3) is 0.257. The standard InChI is InChI=1S/C35H34F3N3O3/c1-3-44-34(43)32(25-9-5-4-6-10-25)40(2)29-21-22-41(23-29)28-19-17-27(18-20-28)39-33(42)31-12-8-7-11-30(31)24-13-15-26(16-14-24)35(36,37)38/h4-20,29,32H,3,21-23H2,1-2H3,(H,39,42). The van der Waals surface area contributed by atoms with Crippen molar-refractivity contribution in [2.24, 2.45) is 0 Å². The Morgan fingerprint density at radius 1 is 0.932 bits per heavy atom. The molecular formula is C35H34F3N3O3. The highest BCUT2D eigenvalue weighted by Crippen LogP contribution is 2.33. The van der Waals surface area contributed by atoms with Crippen LogP contribution in [0.3, 0.4) is 0 Å². The van der Waals surface area contributed by atoms with Crippen LogP contribution in [0.5, 0.6) is 0 Å². The third kappa shape index (κ3) is 6.94. The molecule has 1 fully saturated rings. The second kappa shape index (κ2) is 13.3. The van der Waals surface area contributed by atoms with Crippen LogP contribution in [0, 0.1) is 0 Å². The summed E-state index contributed by atoms with van der Waals surface area (Å²) in [4.78, 5) is 30.5. The Morgan fingerprint density at radius 3 is 2.25 bits per heavy atom. The summed E-state index contributed by atoms with van der Waals surface area (Å²) in [6.45, 7) is 3.66. The minimum atomic E-state index is -4.43. The SMILES string of the molecule is CCOC(=O)C(c1ccccc1)N(C)C1CCN(c2ccc(NC(=O)c3ccccc3-c3ccc(C(F)(F)F)cc3)cc2)C1. The van der Waals surface area contributed by atoms with Gasteiger partial charge in [0.1, 0.15) is 6.04 Å². The van der Waals surface area contributed by atoms with Crippen LogP contribution in [0.15, 0.2) is 103 Å². The van der Waals surface area contributed by atoms with Crippen LogP contribution < -0.4 is 10.2 Å². The highest BCUT2D eigenvalue weighted by Gasteiger charge is 2.35. The Labute approximate surface area is 255 Å². The van der Waals surface area contributed by atoms with E-state index in [0.29, 0.717) is 29.0 Å². The molecule has 0 saturated carbocycles. The molecule has 4 aromatic rings. The number of anilines is 2. The quantitative estimate of drug-likeness (QED) is 0.202. The number of likely N-dealkylation sites (N-methyl/N-ethyl adjacent to an activating group) is 1. The van der Waals surface area contributed by atoms with Crippen LogP contribution in [0.4, 0.5) is 24.5 Å². The van der Waals surface area contributed by atoms with Gasteiger partial charge in [0.15, 0.2) is 0 Å². The molecule has 228 valence electrons. The molecule has 5 rings (SSSR count). The predicted octanol–water partition coefficient (Wildman–Crippen LogP) is 7.44. The van der Waals surface area contributed by atoms with E-state index in [0.717, 1.165) is 42.9 Å². The average molecular weight is 602 g/mol. The number of hydrogen-bond donors (Lipinski definition) is 1. The van der Waals surface area contributed by atoms with Crippen LogP contribution >= 0.6 is 0 Å². The zero-order chi connectivity index (χ0) is 31.3. The number of nitrogens with zero attached hydrogens (tertiary/aromatic N) is 2. The molecule has 44 heavy (non-hydrogen) atoms. The lowest BCUT2D eigenvalue weighted by Crippen LogP contribution is -2.41. The molecule has 1 aliphatic rings. The number of amides is 1. The lowest BCUT2D eigenvalue weighted by molar-refractivity contribution is -0.150. The third-order valence-electron chi connectivity index (χ3n) is 7.96. The van der Waals surface area contributed by atoms with Gasteiger partial charge in [-0.25, -0.2) is 4.79 Å². The largest absolute Gasteiger partial charge is 0.465 e. The molecule has 0 aliphatic carbocycles. The molecule has 4 aromatic carbocycles. The van der Waals surface area contributed by atoms with Crippen molar-refractivity contribution >= 4 is 23.3 Å². The van der Waals surface area contributed by atoms with E-state index >= 15 is 0 Å². The molecule has 2 unspecified atom stereocenters. The van der Waals surface area contributed by atoms with E-state index in [2.05, 4.69) is 15.1 Å². The van der Waals surface area contributed by atoms with E-state index in [9.17, 15) is 22.8 Å². The maximum atomic E-state index is 13.2. The molecule has 1 amide bonds. The summed E-state index contributed by atoms with van der Waals surface area (Å²) in [5, 5.41) is 2.91. The van der Waals surface area contributed by atoms with E-state index in [1.54, 1.807) is 31.2 Å². The third-order valence-corrected chi connectivity index (χ3v) is 7.96. The molecule has 9 heteroatoms. The predicted molar refractivity (Wildman–Crippen MR) is 165 cm³/mol. The molecule has 1 aliphatic heterocycles. The Morgan fingerprint density at radius 2 is 1.59 bits per heavy atom. The Bertz CT molecular complexity index is 1580. The number of carbonyl (C=O) groups is 2. The zero-order valence-electron chi connectivity index (χ0n) is 24.6. The van der Waals surface area contributed by atoms with E-state index in [1.165, 1.54) is 12.1 Å². The van der Waals surface area contributed by atoms with Gasteiger partial charge in [-0.3, -0.25) is 9.69 Å². The second-order valence-corrected chi connectivity index (χ2v) is 10.7. The Hall–Kier alpha value is -4.63. The number of halogens is 3. The number of alkyl halides is 3. The second-order valence-electron chi connectivity index (χ2n) is 10.7. The molecule has 1 heterocycles. The molecular weight excluding hydrogens is 567 g/mol. The number of carbonyl (C=O) groups excluding carboxylic acids is 2. The van der Waals surface area contributed by atoms with Crippen molar-refractivity contribution in [1.82, 2.24) is 4.90 Å². The molecule has 1 N–H and O–H groups in total. The minimum Gasteiger partial charge on any atom is -0.465 e. The van der Waals surface area contributed by atoms with Crippen LogP contribution in [0.25, 0.3) is 11.1 Å². The first-order valence-corrected chi connectivity index (χ1v) is 14.5. The van der Waals surface area contributed by atoms with E-state index in [-0.39, 0.29) is 17.9 Å². The van der Waals surface area contributed by atoms with Crippen LogP contribution in [0.2, 0.25) is 0 Å². The van der Waals surface area contributed by atoms with Crippen molar-refractivity contribution < 1.29 is 27.5 Å². The fourth-order valence-electron chi connectivity index (χ4n) is 5.64. The first-order valence-electron chi connectivity index (χ1n) is 14.5. The van der Waals surface area contributed by atoms with Crippen LogP contribution in [-0.4, -0.2) is 49.6 Å². The number of ether oxygens (including phenoxy) is 1. The topological polar surface area (TPSA) is 61.9 Å². The summed E-state index contributed by atoms with van der Waals surface area (Å²) in [5.41, 5.74) is 3.17. The highest BCUT2D eigenvalue weighted by atomic mass is 19.4. The van der Waals surface area contributed by atoms with Crippen molar-refractivity contribution in [2.75, 3.05) is 37.0 Å². The van der Waals surface area contributed by atoms with Gasteiger partial charge in [-0.05, 0) is 79.5 Å². The summed E-state index contributed by atoms with van der Waals surface area (Å²) in [5.74, 6) is -0.623. The monoisotopic (exact) mass is 601 g/mol. The summed E-state index contributed by atoms with van der Waals surface area (Å²) in [7, 11) is 1.96. The molecule has 0 bridgehead atoms. The van der Waals surface area contributed by atoms with Crippen molar-refractivity contribution in [3.8, 4) is 11.1 Å². The van der Waals surface area contributed by atoms with Gasteiger partial charge in [0.2, 0.25) is 0 Å². The summed E-state index contributed by atoms with van der Waals surface area (Å²) in [6, 6.07) is 28.4. The van der Waals surface area contributed by atoms with Crippen LogP contribution in [0.1, 0.15) is 40.9 Å². The van der Waals surface area contributed by atoms with E-state index in [4.69, 9.17) is 4.74 Å². The van der Waals surface area contributed by atoms with Crippen molar-refractivity contribution in [1.29, 1.82) is 0 Å². The number of benzene rings is 4. The molecule has 6 nitrogen and oxygen atoms in total. The Balaban J connectivity index is 1.25. The highest BCUT2D eigenvalue weighted by molar-refractivity contribution is 6.08. The molecule has 0 spiro atoms. The minimum absolute atomic E-state index is 0.130. The van der Waals surface area contributed by atoms with Gasteiger partial charge in [-0.2, -0.15) is 13.2 Å². The van der Waals surface area contributed by atoms with Crippen molar-refractivity contribution in [2.45, 2.75) is 31.6 Å². The average Bonchev–Trinajstić information content (AvgIpc) is 3.52. The summed E-state index contributed by atoms with van der Waals surface area (Å²) in [6.07, 6.45) is -3.56. The van der Waals surface area contributed by atoms with Gasteiger partial charge in [0, 0.05) is 36.1 Å². The van der Waals surface area contributed by atoms with Gasteiger partial charge < -0.3 is 15.0 Å². The number of rotatable bonds is 9. The summed E-state index contributed by atoms with van der Waals surface area (Å²) >= 11 is 0. The first-order chi connectivity index (χ1) is 21.2. The van der Waals surface area contributed by atoms with Gasteiger partial charge in [0.25, 0.3) is 5.91 Å². The van der Waals surface area contributed by atoms with Gasteiger partial charge in [0.05, 0.1) is 12.2 Å². The fourth-order valence-corrected chi connectivity index (χ4v) is 5.64. The van der Waals surface area contributed by atoms with Crippen molar-refractivity contribution in [3.05, 3.63) is 120 Å². The van der Waals surface area contributed by atoms with Gasteiger partial charge in [-0.15, -0.1) is 0 Å². The van der Waals surface area contributed by atoms with E-state index in [1.807, 2.05) is 61.6 Å². The maximum Gasteiger partial charge on any atom is 0.416 e. The van der Waals surface area contributed by atoms with Gasteiger partial charge in [-0.1, -0.05) is 60.7 Å². The number of hydrogen-bond acceptors (Lipinski definition) is 5. The Kier molecular flexibility index (Phi) is 9.35. The van der Waals surface area contributed by atoms with Crippen molar-refractivity contribution in [3.63, 3.8) is 0 Å².